The van der Waals surface area contributed by atoms with Crippen molar-refractivity contribution in [1.82, 2.24) is 8.75 Å². The number of carbonyl (C=O) groups excluding carboxylic acids is 1. The van der Waals surface area contributed by atoms with Crippen molar-refractivity contribution in [3.63, 3.8) is 0 Å². The molecule has 0 radical (unpaired) electrons. The van der Waals surface area contributed by atoms with Gasteiger partial charge in [0.25, 0.3) is 0 Å². The molecule has 19 heavy (non-hydrogen) atoms. The maximum absolute atomic E-state index is 12.1. The van der Waals surface area contributed by atoms with Crippen molar-refractivity contribution in [1.29, 1.82) is 0 Å². The topological polar surface area (TPSA) is 54.9 Å². The van der Waals surface area contributed by atoms with Gasteiger partial charge >= 0.3 is 0 Å². The molecule has 0 bridgehead atoms. The van der Waals surface area contributed by atoms with E-state index >= 15 is 0 Å². The van der Waals surface area contributed by atoms with Crippen LogP contribution in [0.2, 0.25) is 5.02 Å². The average Bonchev–Trinajstić information content (AvgIpc) is 3.00. The second-order valence-corrected chi connectivity index (χ2v) is 6.19. The van der Waals surface area contributed by atoms with Crippen LogP contribution in [-0.4, -0.2) is 20.4 Å². The quantitative estimate of drug-likeness (QED) is 0.851. The summed E-state index contributed by atoms with van der Waals surface area (Å²) >= 11 is 11.5. The van der Waals surface area contributed by atoms with Crippen molar-refractivity contribution < 1.29 is 4.79 Å². The minimum Gasteiger partial charge on any atom is -0.323 e. The number of nitrogens with one attached hydrogen (secondary N) is 1. The van der Waals surface area contributed by atoms with Crippen LogP contribution in [0.25, 0.3) is 11.0 Å². The molecule has 1 saturated carbocycles. The number of nitrogens with zero attached hydrogens (tertiary/aromatic N) is 2. The third kappa shape index (κ3) is 2.57. The Morgan fingerprint density at radius 2 is 2.26 bits per heavy atom. The number of rotatable bonds is 4. The lowest BCUT2D eigenvalue weighted by molar-refractivity contribution is -0.117. The first-order chi connectivity index (χ1) is 9.13. The number of halogens is 1. The summed E-state index contributed by atoms with van der Waals surface area (Å²) < 4.78 is 8.32. The fourth-order valence-electron chi connectivity index (χ4n) is 2.04. The Morgan fingerprint density at radius 3 is 2.95 bits per heavy atom. The van der Waals surface area contributed by atoms with E-state index in [4.69, 9.17) is 11.6 Å². The number of hydrogen-bond acceptors (Lipinski definition) is 5. The SMILES string of the molecule is O=C(CC1(CS)CC1)Nc1c(Cl)ccc2nsnc12. The van der Waals surface area contributed by atoms with Crippen molar-refractivity contribution in [3.8, 4) is 0 Å². The summed E-state index contributed by atoms with van der Waals surface area (Å²) in [4.78, 5) is 12.1. The number of benzene rings is 1. The molecule has 7 heteroatoms. The summed E-state index contributed by atoms with van der Waals surface area (Å²) in [5.74, 6) is 0.713. The van der Waals surface area contributed by atoms with E-state index in [0.717, 1.165) is 35.8 Å². The van der Waals surface area contributed by atoms with Crippen molar-refractivity contribution in [2.45, 2.75) is 19.3 Å². The number of anilines is 1. The van der Waals surface area contributed by atoms with Crippen molar-refractivity contribution >= 4 is 58.6 Å². The van der Waals surface area contributed by atoms with Crippen molar-refractivity contribution in [3.05, 3.63) is 17.2 Å². The minimum absolute atomic E-state index is 0.0334. The molecule has 1 aliphatic rings. The highest BCUT2D eigenvalue weighted by molar-refractivity contribution is 7.80. The second-order valence-electron chi connectivity index (χ2n) is 4.94. The van der Waals surface area contributed by atoms with E-state index in [9.17, 15) is 4.79 Å². The van der Waals surface area contributed by atoms with Gasteiger partial charge in [0.2, 0.25) is 5.91 Å². The van der Waals surface area contributed by atoms with Crippen LogP contribution >= 0.6 is 36.0 Å². The zero-order valence-electron chi connectivity index (χ0n) is 10.0. The summed E-state index contributed by atoms with van der Waals surface area (Å²) in [6, 6.07) is 3.53. The largest absolute Gasteiger partial charge is 0.323 e. The number of fused-ring (bicyclic) bond motifs is 1. The first kappa shape index (κ1) is 13.1. The van der Waals surface area contributed by atoms with Crippen LogP contribution in [0.5, 0.6) is 0 Å². The van der Waals surface area contributed by atoms with Gasteiger partial charge in [0.15, 0.2) is 0 Å². The predicted molar refractivity (Wildman–Crippen MR) is 81.2 cm³/mol. The smallest absolute Gasteiger partial charge is 0.225 e. The van der Waals surface area contributed by atoms with E-state index in [1.54, 1.807) is 12.1 Å². The molecule has 0 atom stereocenters. The molecule has 0 saturated heterocycles. The fraction of sp³-hybridized carbons (Fsp3) is 0.417. The van der Waals surface area contributed by atoms with Crippen LogP contribution in [0, 0.1) is 5.41 Å². The van der Waals surface area contributed by atoms with Crippen LogP contribution in [-0.2, 0) is 4.79 Å². The van der Waals surface area contributed by atoms with Gasteiger partial charge in [-0.25, -0.2) is 0 Å². The summed E-state index contributed by atoms with van der Waals surface area (Å²) in [5.41, 5.74) is 2.06. The maximum Gasteiger partial charge on any atom is 0.225 e. The van der Waals surface area contributed by atoms with E-state index in [-0.39, 0.29) is 11.3 Å². The number of amides is 1. The van der Waals surface area contributed by atoms with Gasteiger partial charge in [0.1, 0.15) is 11.0 Å². The predicted octanol–water partition coefficient (Wildman–Crippen LogP) is 3.38. The van der Waals surface area contributed by atoms with Gasteiger partial charge < -0.3 is 5.32 Å². The molecule has 1 N–H and O–H groups in total. The Morgan fingerprint density at radius 1 is 1.47 bits per heavy atom. The molecule has 1 aromatic heterocycles. The molecule has 3 rings (SSSR count). The fourth-order valence-corrected chi connectivity index (χ4v) is 3.21. The van der Waals surface area contributed by atoms with Crippen LogP contribution in [0.4, 0.5) is 5.69 Å². The third-order valence-corrected chi connectivity index (χ3v) is 5.00. The van der Waals surface area contributed by atoms with Crippen LogP contribution in [0.1, 0.15) is 19.3 Å². The Kier molecular flexibility index (Phi) is 3.41. The lowest BCUT2D eigenvalue weighted by Crippen LogP contribution is -2.18. The molecule has 1 amide bonds. The lowest BCUT2D eigenvalue weighted by atomic mass is 10.1. The zero-order valence-corrected chi connectivity index (χ0v) is 12.5. The highest BCUT2D eigenvalue weighted by atomic mass is 35.5. The van der Waals surface area contributed by atoms with E-state index in [1.807, 2.05) is 0 Å². The Labute approximate surface area is 125 Å². The maximum atomic E-state index is 12.1. The summed E-state index contributed by atoms with van der Waals surface area (Å²) in [7, 11) is 0. The molecule has 100 valence electrons. The van der Waals surface area contributed by atoms with Gasteiger partial charge in [0, 0.05) is 6.42 Å². The minimum atomic E-state index is -0.0334. The molecule has 0 spiro atoms. The molecule has 0 unspecified atom stereocenters. The van der Waals surface area contributed by atoms with Crippen molar-refractivity contribution in [2.24, 2.45) is 5.41 Å². The zero-order chi connectivity index (χ0) is 13.5. The second kappa shape index (κ2) is 4.92. The lowest BCUT2D eigenvalue weighted by Gasteiger charge is -2.12. The molecule has 0 aliphatic heterocycles. The highest BCUT2D eigenvalue weighted by Gasteiger charge is 2.42. The molecular formula is C12H12ClN3OS2. The van der Waals surface area contributed by atoms with Gasteiger partial charge in [-0.1, -0.05) is 11.6 Å². The van der Waals surface area contributed by atoms with Gasteiger partial charge in [-0.2, -0.15) is 21.4 Å². The van der Waals surface area contributed by atoms with Crippen molar-refractivity contribution in [2.75, 3.05) is 11.1 Å². The molecule has 1 heterocycles. The third-order valence-electron chi connectivity index (χ3n) is 3.47. The normalized spacial score (nSPS) is 16.5. The van der Waals surface area contributed by atoms with Gasteiger partial charge in [-0.15, -0.1) is 0 Å². The van der Waals surface area contributed by atoms with E-state index in [0.29, 0.717) is 22.6 Å². The van der Waals surface area contributed by atoms with Gasteiger partial charge in [-0.3, -0.25) is 4.79 Å². The summed E-state index contributed by atoms with van der Waals surface area (Å²) in [5, 5.41) is 3.36. The van der Waals surface area contributed by atoms with Gasteiger partial charge in [0.05, 0.1) is 22.4 Å². The number of hydrogen-bond donors (Lipinski definition) is 2. The average molecular weight is 314 g/mol. The Balaban J connectivity index is 1.83. The Hall–Kier alpha value is -0.850. The van der Waals surface area contributed by atoms with Crippen LogP contribution in [0.15, 0.2) is 12.1 Å². The van der Waals surface area contributed by atoms with Crippen LogP contribution < -0.4 is 5.32 Å². The molecule has 1 fully saturated rings. The summed E-state index contributed by atoms with van der Waals surface area (Å²) in [6.45, 7) is 0. The first-order valence-electron chi connectivity index (χ1n) is 5.95. The standard InChI is InChI=1S/C12H12ClN3OS2/c13-7-1-2-8-11(16-19-15-8)10(7)14-9(17)5-12(6-18)3-4-12/h1-2,18H,3-6H2,(H,14,17). The van der Waals surface area contributed by atoms with E-state index < -0.39 is 0 Å². The number of aromatic nitrogens is 2. The number of thiol groups is 1. The first-order valence-corrected chi connectivity index (χ1v) is 7.69. The van der Waals surface area contributed by atoms with E-state index in [1.165, 1.54) is 0 Å². The van der Waals surface area contributed by atoms with E-state index in [2.05, 4.69) is 26.7 Å². The van der Waals surface area contributed by atoms with Crippen LogP contribution in [0.3, 0.4) is 0 Å². The molecule has 2 aromatic rings. The van der Waals surface area contributed by atoms with Gasteiger partial charge in [-0.05, 0) is 36.1 Å². The Bertz CT molecular complexity index is 639. The highest BCUT2D eigenvalue weighted by Crippen LogP contribution is 2.49. The monoisotopic (exact) mass is 313 g/mol. The summed E-state index contributed by atoms with van der Waals surface area (Å²) in [6.07, 6.45) is 2.63. The number of carbonyl (C=O) groups is 1. The molecule has 1 aliphatic carbocycles. The molecule has 1 aromatic carbocycles. The molecule has 4 nitrogen and oxygen atoms in total. The molecular weight excluding hydrogens is 302 g/mol.